The highest BCUT2D eigenvalue weighted by molar-refractivity contribution is 7.91. The van der Waals surface area contributed by atoms with Crippen molar-refractivity contribution in [3.63, 3.8) is 0 Å². The summed E-state index contributed by atoms with van der Waals surface area (Å²) in [6, 6.07) is 13.2. The molecule has 1 aliphatic heterocycles. The SMILES string of the molecule is COc1ccc(-c2nc(S(=O)(=O)c3ccc(Cl)cc3)c(N3CCN(C)CC3)o2)cc1. The van der Waals surface area contributed by atoms with Crippen molar-refractivity contribution in [3.8, 4) is 17.2 Å². The van der Waals surface area contributed by atoms with Crippen molar-refractivity contribution in [1.82, 2.24) is 9.88 Å². The van der Waals surface area contributed by atoms with E-state index in [9.17, 15) is 8.42 Å². The van der Waals surface area contributed by atoms with Gasteiger partial charge in [-0.2, -0.15) is 4.98 Å². The number of anilines is 1. The van der Waals surface area contributed by atoms with Gasteiger partial charge in [0.15, 0.2) is 0 Å². The smallest absolute Gasteiger partial charge is 0.236 e. The van der Waals surface area contributed by atoms with E-state index in [0.717, 1.165) is 13.1 Å². The summed E-state index contributed by atoms with van der Waals surface area (Å²) in [4.78, 5) is 8.66. The second kappa shape index (κ2) is 8.29. The molecule has 1 fully saturated rings. The van der Waals surface area contributed by atoms with Crippen molar-refractivity contribution in [2.45, 2.75) is 9.92 Å². The zero-order valence-corrected chi connectivity index (χ0v) is 18.3. The maximum atomic E-state index is 13.4. The zero-order valence-electron chi connectivity index (χ0n) is 16.7. The van der Waals surface area contributed by atoms with Crippen LogP contribution in [-0.4, -0.2) is 58.6 Å². The standard InChI is InChI=1S/C21H22ClN3O4S/c1-24-11-13-25(14-12-24)21-20(30(26,27)18-9-5-16(22)6-10-18)23-19(29-21)15-3-7-17(28-2)8-4-15/h3-10H,11-14H2,1-2H3. The Morgan fingerprint density at radius 1 is 1.00 bits per heavy atom. The van der Waals surface area contributed by atoms with Crippen molar-refractivity contribution in [3.05, 3.63) is 53.6 Å². The van der Waals surface area contributed by atoms with Crippen LogP contribution in [0.15, 0.2) is 62.9 Å². The highest BCUT2D eigenvalue weighted by atomic mass is 35.5. The van der Waals surface area contributed by atoms with Crippen LogP contribution in [0.5, 0.6) is 5.75 Å². The molecule has 2 heterocycles. The van der Waals surface area contributed by atoms with E-state index in [4.69, 9.17) is 20.8 Å². The van der Waals surface area contributed by atoms with Crippen LogP contribution in [0.1, 0.15) is 0 Å². The van der Waals surface area contributed by atoms with Crippen molar-refractivity contribution in [1.29, 1.82) is 0 Å². The van der Waals surface area contributed by atoms with Gasteiger partial charge in [-0.3, -0.25) is 0 Å². The Kier molecular flexibility index (Phi) is 5.73. The van der Waals surface area contributed by atoms with Crippen LogP contribution in [0.3, 0.4) is 0 Å². The number of hydrogen-bond donors (Lipinski definition) is 0. The van der Waals surface area contributed by atoms with E-state index in [0.29, 0.717) is 29.4 Å². The molecule has 30 heavy (non-hydrogen) atoms. The minimum absolute atomic E-state index is 0.0832. The van der Waals surface area contributed by atoms with Gasteiger partial charge in [-0.05, 0) is 55.6 Å². The molecule has 0 unspecified atom stereocenters. The maximum absolute atomic E-state index is 13.4. The number of rotatable bonds is 5. The van der Waals surface area contributed by atoms with Crippen LogP contribution in [0.2, 0.25) is 5.02 Å². The molecule has 0 amide bonds. The van der Waals surface area contributed by atoms with E-state index in [1.165, 1.54) is 12.1 Å². The van der Waals surface area contributed by atoms with Gasteiger partial charge >= 0.3 is 0 Å². The molecule has 0 aliphatic carbocycles. The quantitative estimate of drug-likeness (QED) is 0.591. The first kappa shape index (κ1) is 20.7. The summed E-state index contributed by atoms with van der Waals surface area (Å²) >= 11 is 5.93. The summed E-state index contributed by atoms with van der Waals surface area (Å²) in [6.45, 7) is 2.91. The fourth-order valence-electron chi connectivity index (χ4n) is 3.26. The highest BCUT2D eigenvalue weighted by Crippen LogP contribution is 2.35. The molecule has 0 radical (unpaired) electrons. The first-order chi connectivity index (χ1) is 14.4. The molecule has 2 aromatic carbocycles. The Hall–Kier alpha value is -2.55. The van der Waals surface area contributed by atoms with Crippen LogP contribution in [0.25, 0.3) is 11.5 Å². The van der Waals surface area contributed by atoms with Gasteiger partial charge in [0.05, 0.1) is 12.0 Å². The molecule has 7 nitrogen and oxygen atoms in total. The van der Waals surface area contributed by atoms with Crippen LogP contribution in [0.4, 0.5) is 5.88 Å². The van der Waals surface area contributed by atoms with Crippen LogP contribution in [-0.2, 0) is 9.84 Å². The van der Waals surface area contributed by atoms with Gasteiger partial charge in [0.25, 0.3) is 0 Å². The van der Waals surface area contributed by atoms with Gasteiger partial charge < -0.3 is 19.0 Å². The van der Waals surface area contributed by atoms with Crippen LogP contribution < -0.4 is 9.64 Å². The number of methoxy groups -OCH3 is 1. The average molecular weight is 448 g/mol. The first-order valence-electron chi connectivity index (χ1n) is 9.48. The second-order valence-corrected chi connectivity index (χ2v) is 9.41. The summed E-state index contributed by atoms with van der Waals surface area (Å²) in [5, 5.41) is 0.382. The number of ether oxygens (including phenoxy) is 1. The van der Waals surface area contributed by atoms with Gasteiger partial charge in [-0.15, -0.1) is 0 Å². The fourth-order valence-corrected chi connectivity index (χ4v) is 4.71. The summed E-state index contributed by atoms with van der Waals surface area (Å²) in [5.41, 5.74) is 0.670. The van der Waals surface area contributed by atoms with E-state index in [1.54, 1.807) is 43.5 Å². The Morgan fingerprint density at radius 3 is 2.23 bits per heavy atom. The van der Waals surface area contributed by atoms with E-state index >= 15 is 0 Å². The number of benzene rings is 2. The normalized spacial score (nSPS) is 15.4. The summed E-state index contributed by atoms with van der Waals surface area (Å²) < 4.78 is 38.0. The molecule has 3 aromatic rings. The third-order valence-electron chi connectivity index (χ3n) is 5.09. The molecule has 0 bridgehead atoms. The Balaban J connectivity index is 1.80. The molecule has 0 N–H and O–H groups in total. The molecule has 158 valence electrons. The molecular formula is C21H22ClN3O4S. The number of piperazine rings is 1. The summed E-state index contributed by atoms with van der Waals surface area (Å²) in [6.07, 6.45) is 0. The third-order valence-corrected chi connectivity index (χ3v) is 7.01. The van der Waals surface area contributed by atoms with Crippen molar-refractivity contribution in [2.24, 2.45) is 0 Å². The molecular weight excluding hydrogens is 426 g/mol. The van der Waals surface area contributed by atoms with Gasteiger partial charge in [0.2, 0.25) is 26.6 Å². The fraction of sp³-hybridized carbons (Fsp3) is 0.286. The number of hydrogen-bond acceptors (Lipinski definition) is 7. The average Bonchev–Trinajstić information content (AvgIpc) is 3.21. The van der Waals surface area contributed by atoms with E-state index in [1.807, 2.05) is 11.9 Å². The molecule has 1 aromatic heterocycles. The van der Waals surface area contributed by atoms with Gasteiger partial charge in [0.1, 0.15) is 5.75 Å². The molecule has 4 rings (SSSR count). The molecule has 1 saturated heterocycles. The number of oxazole rings is 1. The molecule has 0 saturated carbocycles. The predicted molar refractivity (Wildman–Crippen MR) is 115 cm³/mol. The van der Waals surface area contributed by atoms with Crippen LogP contribution in [0, 0.1) is 0 Å². The lowest BCUT2D eigenvalue weighted by molar-refractivity contribution is 0.305. The number of likely N-dealkylation sites (N-methyl/N-ethyl adjacent to an activating group) is 1. The highest BCUT2D eigenvalue weighted by Gasteiger charge is 2.32. The Morgan fingerprint density at radius 2 is 1.63 bits per heavy atom. The van der Waals surface area contributed by atoms with E-state index in [-0.39, 0.29) is 21.7 Å². The lowest BCUT2D eigenvalue weighted by Gasteiger charge is -2.32. The lowest BCUT2D eigenvalue weighted by Crippen LogP contribution is -2.44. The third kappa shape index (κ3) is 4.03. The largest absolute Gasteiger partial charge is 0.497 e. The Labute approximate surface area is 180 Å². The molecule has 1 aliphatic rings. The number of aromatic nitrogens is 1. The topological polar surface area (TPSA) is 75.9 Å². The molecule has 0 spiro atoms. The van der Waals surface area contributed by atoms with Gasteiger partial charge in [0, 0.05) is 36.8 Å². The number of nitrogens with zero attached hydrogens (tertiary/aromatic N) is 3. The van der Waals surface area contributed by atoms with E-state index < -0.39 is 9.84 Å². The summed E-state index contributed by atoms with van der Waals surface area (Å²) in [7, 11) is -0.273. The molecule has 0 atom stereocenters. The summed E-state index contributed by atoms with van der Waals surface area (Å²) in [5.74, 6) is 1.21. The minimum Gasteiger partial charge on any atom is -0.497 e. The first-order valence-corrected chi connectivity index (χ1v) is 11.3. The number of halogens is 1. The monoisotopic (exact) mass is 447 g/mol. The Bertz CT molecular complexity index is 1120. The van der Waals surface area contributed by atoms with Gasteiger partial charge in [-0.1, -0.05) is 11.6 Å². The van der Waals surface area contributed by atoms with Crippen molar-refractivity contribution >= 4 is 27.3 Å². The maximum Gasteiger partial charge on any atom is 0.236 e. The minimum atomic E-state index is -3.89. The van der Waals surface area contributed by atoms with Crippen molar-refractivity contribution < 1.29 is 17.6 Å². The number of sulfone groups is 1. The zero-order chi connectivity index (χ0) is 21.3. The molecule has 9 heteroatoms. The van der Waals surface area contributed by atoms with Crippen molar-refractivity contribution in [2.75, 3.05) is 45.2 Å². The van der Waals surface area contributed by atoms with Crippen LogP contribution >= 0.6 is 11.6 Å². The van der Waals surface area contributed by atoms with Gasteiger partial charge in [-0.25, -0.2) is 8.42 Å². The van der Waals surface area contributed by atoms with E-state index in [2.05, 4.69) is 9.88 Å². The second-order valence-electron chi connectivity index (χ2n) is 7.11. The predicted octanol–water partition coefficient (Wildman–Crippen LogP) is 3.59. The lowest BCUT2D eigenvalue weighted by atomic mass is 10.2.